The third kappa shape index (κ3) is 29.1. The number of aromatic amines is 1. The normalized spacial score (nSPS) is 22.8. The van der Waals surface area contributed by atoms with Crippen molar-refractivity contribution in [2.45, 2.75) is 185 Å². The van der Waals surface area contributed by atoms with E-state index in [1.807, 2.05) is 0 Å². The van der Waals surface area contributed by atoms with Crippen LogP contribution in [0.3, 0.4) is 0 Å². The number of H-pyrrole nitrogens is 1. The Kier molecular flexibility index (Phi) is 37.7. The highest BCUT2D eigenvalue weighted by atomic mass is 32.2. The van der Waals surface area contributed by atoms with Crippen molar-refractivity contribution in [3.8, 4) is 11.5 Å². The van der Waals surface area contributed by atoms with Gasteiger partial charge in [-0.3, -0.25) is 76.7 Å². The number of carboxylic acid groups (broad SMARTS) is 1. The SMILES string of the molecule is CC(C)C[C@@H]1NC(=O)[C@H](Cc2ccc(O)cc2)NC(=O)[C@H](Cc2c[nH]c3ccccc23)NC(=O)[C@@H](C)N(C)C(=O)[C@H](Cc2ccc(O)cc2)NC(=O)[C@H](Cc2ccccc2)N(C)C(=O)[C@H](C(C)C)NC(=O)[C@H](CCC(=O)O)NC(=O)[C@@H](C)N(C)C(=O)[C@H](C)N(C)C(=O)[C@H](Cc2ccccc2)N(C)C(=O)[C@H](Cc2cc(F)c(F)c(F)c2)NC(=O)CSC[C@@H](C(=O)NCC(N)=O)NC1=O. The molecule has 13 atom stereocenters. The number of hydrogen-bond acceptors (Lipinski definition) is 19. The number of aliphatic carboxylic acids is 1. The summed E-state index contributed by atoms with van der Waals surface area (Å²) in [5, 5.41) is 54.9. The molecule has 1 aromatic heterocycles. The maximum Gasteiger partial charge on any atom is 0.303 e. The van der Waals surface area contributed by atoms with E-state index in [0.29, 0.717) is 62.6 Å². The van der Waals surface area contributed by atoms with Gasteiger partial charge in [0.05, 0.1) is 12.3 Å². The zero-order valence-corrected chi connectivity index (χ0v) is 76.1. The summed E-state index contributed by atoms with van der Waals surface area (Å²) in [6, 6.07) is 14.7. The Balaban J connectivity index is 1.23. The van der Waals surface area contributed by atoms with Crippen LogP contribution < -0.4 is 53.6 Å². The fourth-order valence-electron chi connectivity index (χ4n) is 14.8. The van der Waals surface area contributed by atoms with Gasteiger partial charge in [0, 0.05) is 103 Å². The summed E-state index contributed by atoms with van der Waals surface area (Å²) in [4.78, 5) is 243. The molecule has 1 fully saturated rings. The molecule has 15 amide bonds. The molecule has 7 aromatic rings. The average Bonchev–Trinajstić information content (AvgIpc) is 1.70. The van der Waals surface area contributed by atoms with Crippen molar-refractivity contribution in [2.75, 3.05) is 53.3 Å². The Hall–Kier alpha value is -13.9. The summed E-state index contributed by atoms with van der Waals surface area (Å²) >= 11 is 0.663. The van der Waals surface area contributed by atoms with Crippen LogP contribution in [0.4, 0.5) is 13.2 Å². The highest BCUT2D eigenvalue weighted by Gasteiger charge is 2.43. The molecule has 1 aliphatic heterocycles. The number of halogens is 3. The largest absolute Gasteiger partial charge is 0.508 e. The van der Waals surface area contributed by atoms with Crippen LogP contribution in [0.1, 0.15) is 101 Å². The van der Waals surface area contributed by atoms with Gasteiger partial charge in [-0.25, -0.2) is 13.2 Å². The quantitative estimate of drug-likeness (QED) is 0.0460. The van der Waals surface area contributed by atoms with Crippen molar-refractivity contribution >= 4 is 117 Å². The number of likely N-dealkylation sites (N-methyl/N-ethyl adjacent to an activating group) is 5. The van der Waals surface area contributed by atoms with E-state index >= 15 is 47.1 Å². The first-order valence-corrected chi connectivity index (χ1v) is 44.0. The summed E-state index contributed by atoms with van der Waals surface area (Å²) in [6.07, 6.45) is -2.17. The third-order valence-electron chi connectivity index (χ3n) is 23.0. The number of aromatic nitrogens is 1. The Bertz CT molecular complexity index is 5290. The Morgan fingerprint density at radius 2 is 0.902 bits per heavy atom. The molecule has 39 heteroatoms. The molecule has 15 N–H and O–H groups in total. The number of benzene rings is 6. The number of rotatable bonds is 21. The Morgan fingerprint density at radius 3 is 1.45 bits per heavy atom. The van der Waals surface area contributed by atoms with Crippen LogP contribution in [0, 0.1) is 29.3 Å². The van der Waals surface area contributed by atoms with Gasteiger partial charge in [0.2, 0.25) is 88.6 Å². The van der Waals surface area contributed by atoms with Crippen molar-refractivity contribution in [1.82, 2.24) is 77.3 Å². The van der Waals surface area contributed by atoms with E-state index in [1.165, 1.54) is 97.5 Å². The average molecular weight is 1850 g/mol. The van der Waals surface area contributed by atoms with Crippen molar-refractivity contribution in [3.05, 3.63) is 203 Å². The molecular weight excluding hydrogens is 1730 g/mol. The highest BCUT2D eigenvalue weighted by Crippen LogP contribution is 2.26. The second kappa shape index (κ2) is 48.1. The number of para-hydroxylation sites is 1. The first kappa shape index (κ1) is 103. The molecule has 8 rings (SSSR count). The van der Waals surface area contributed by atoms with E-state index < -0.39 is 240 Å². The van der Waals surface area contributed by atoms with E-state index in [-0.39, 0.29) is 55.6 Å². The van der Waals surface area contributed by atoms with Gasteiger partial charge >= 0.3 is 5.97 Å². The zero-order chi connectivity index (χ0) is 97.2. The molecule has 2 heterocycles. The standard InChI is InChI=1S/C93H115F3N16O19S/c1-50(2)37-68-85(123)106-73(83(121)99-47-76(97)115)48-132-49-77(116)100-71(42-59-38-64(94)79(96)65(95)39-59)91(129)112(12)75(44-56-23-17-14-18-24-56)92(130)110(10)54(7)89(127)108(8)52(5)81(119)101-67(35-36-78(117)118)84(122)107-80(51(3)4)93(131)111(11)74(43-55-21-15-13-16-22-55)88(126)105-72(41-58-29-33-62(114)34-30-58)90(128)109(9)53(6)82(120)102-70(45-60-46-98-66-26-20-19-25-63(60)66)87(125)104-69(86(124)103-68)40-57-27-31-61(113)32-28-57/h13-34,38-39,46,50-54,67-75,80,98,113-114H,35-37,40-45,47-49H2,1-12H3,(H2,97,115)(H,99,121)(H,100,116)(H,101,119)(H,102,120)(H,103,124)(H,104,125)(H,105,126)(H,106,123)(H,107,122)(H,117,118)/t52-,53-,54+,67+,68+,69+,70+,71+,72+,73+,74+,75+,80+/m1/s1. The number of thioether (sulfide) groups is 1. The minimum absolute atomic E-state index is 0.154. The van der Waals surface area contributed by atoms with E-state index in [2.05, 4.69) is 52.8 Å². The minimum Gasteiger partial charge on any atom is -0.508 e. The lowest BCUT2D eigenvalue weighted by atomic mass is 9.98. The summed E-state index contributed by atoms with van der Waals surface area (Å²) in [5.41, 5.74) is 7.83. The van der Waals surface area contributed by atoms with Gasteiger partial charge in [0.1, 0.15) is 90.0 Å². The summed E-state index contributed by atoms with van der Waals surface area (Å²) in [7, 11) is 6.09. The Labute approximate surface area is 765 Å². The number of carbonyl (C=O) groups excluding carboxylic acids is 15. The molecule has 1 saturated heterocycles. The second-order valence-electron chi connectivity index (χ2n) is 33.5. The molecule has 0 spiro atoms. The van der Waals surface area contributed by atoms with E-state index in [1.54, 1.807) is 119 Å². The number of amides is 15. The number of fused-ring (bicyclic) bond motifs is 1. The van der Waals surface area contributed by atoms with E-state index in [9.17, 15) is 58.1 Å². The number of carboxylic acids is 1. The number of nitrogens with one attached hydrogen (secondary N) is 10. The first-order valence-electron chi connectivity index (χ1n) is 42.8. The number of carbonyl (C=O) groups is 16. The lowest BCUT2D eigenvalue weighted by molar-refractivity contribution is -0.151. The molecule has 708 valence electrons. The summed E-state index contributed by atoms with van der Waals surface area (Å²) in [5.74, 6) is -24.3. The predicted molar refractivity (Wildman–Crippen MR) is 482 cm³/mol. The number of hydrogen-bond donors (Lipinski definition) is 14. The smallest absolute Gasteiger partial charge is 0.303 e. The second-order valence-corrected chi connectivity index (χ2v) is 34.6. The van der Waals surface area contributed by atoms with Crippen LogP contribution in [0.15, 0.2) is 152 Å². The van der Waals surface area contributed by atoms with Crippen molar-refractivity contribution in [1.29, 1.82) is 0 Å². The molecule has 0 unspecified atom stereocenters. The monoisotopic (exact) mass is 1850 g/mol. The number of nitrogens with zero attached hydrogens (tertiary/aromatic N) is 5. The molecular formula is C93H115F3N16O19S. The van der Waals surface area contributed by atoms with Crippen LogP contribution in [-0.4, -0.2) is 271 Å². The van der Waals surface area contributed by atoms with Gasteiger partial charge in [-0.1, -0.05) is 131 Å². The fraction of sp³-hybridized carbons (Fsp3) is 0.419. The number of phenolic OH excluding ortho intramolecular Hbond substituents is 2. The van der Waals surface area contributed by atoms with Crippen LogP contribution in [0.25, 0.3) is 10.9 Å². The summed E-state index contributed by atoms with van der Waals surface area (Å²) in [6.45, 7) is 9.61. The fourth-order valence-corrected chi connectivity index (χ4v) is 15.7. The van der Waals surface area contributed by atoms with Gasteiger partial charge < -0.3 is 98.4 Å². The van der Waals surface area contributed by atoms with E-state index in [4.69, 9.17) is 5.73 Å². The molecule has 6 aromatic carbocycles. The number of aromatic hydroxyl groups is 2. The molecule has 35 nitrogen and oxygen atoms in total. The number of phenols is 2. The maximum atomic E-state index is 15.5. The molecule has 132 heavy (non-hydrogen) atoms. The molecule has 0 saturated carbocycles. The zero-order valence-electron chi connectivity index (χ0n) is 75.3. The third-order valence-corrected chi connectivity index (χ3v) is 24.0. The van der Waals surface area contributed by atoms with Crippen LogP contribution >= 0.6 is 11.8 Å². The predicted octanol–water partition coefficient (Wildman–Crippen LogP) is 2.74. The topological polar surface area (TPSA) is 500 Å². The first-order chi connectivity index (χ1) is 62.4. The van der Waals surface area contributed by atoms with Crippen LogP contribution in [0.5, 0.6) is 11.5 Å². The van der Waals surface area contributed by atoms with Gasteiger partial charge in [-0.15, -0.1) is 11.8 Å². The van der Waals surface area contributed by atoms with Crippen LogP contribution in [0.2, 0.25) is 0 Å². The molecule has 0 bridgehead atoms. The summed E-state index contributed by atoms with van der Waals surface area (Å²) < 4.78 is 44.8. The number of primary amides is 1. The van der Waals surface area contributed by atoms with Gasteiger partial charge in [0.25, 0.3) is 0 Å². The highest BCUT2D eigenvalue weighted by molar-refractivity contribution is 8.00. The minimum atomic E-state index is -1.88. The van der Waals surface area contributed by atoms with Crippen molar-refractivity contribution in [2.24, 2.45) is 17.6 Å². The van der Waals surface area contributed by atoms with Crippen LogP contribution in [-0.2, 0) is 115 Å². The number of nitrogens with two attached hydrogens (primary N) is 1. The lowest BCUT2D eigenvalue weighted by Gasteiger charge is -2.36. The molecule has 1 aliphatic rings. The van der Waals surface area contributed by atoms with Gasteiger partial charge in [-0.2, -0.15) is 0 Å². The van der Waals surface area contributed by atoms with Gasteiger partial charge in [0.15, 0.2) is 17.5 Å². The van der Waals surface area contributed by atoms with Crippen molar-refractivity contribution < 1.29 is 105 Å². The molecule has 0 aliphatic carbocycles. The Morgan fingerprint density at radius 1 is 0.462 bits per heavy atom. The van der Waals surface area contributed by atoms with E-state index in [0.717, 1.165) is 31.5 Å². The lowest BCUT2D eigenvalue weighted by Crippen LogP contribution is -2.62. The van der Waals surface area contributed by atoms with Gasteiger partial charge in [-0.05, 0) is 121 Å². The maximum absolute atomic E-state index is 15.5. The molecule has 0 radical (unpaired) electrons. The van der Waals surface area contributed by atoms with Crippen molar-refractivity contribution in [3.63, 3.8) is 0 Å².